The van der Waals surface area contributed by atoms with Crippen LogP contribution in [-0.2, 0) is 11.0 Å². The minimum Gasteiger partial charge on any atom is -0.462 e. The number of pyridine rings is 2. The quantitative estimate of drug-likeness (QED) is 0.662. The Morgan fingerprint density at radius 1 is 1.06 bits per heavy atom. The zero-order valence-corrected chi connectivity index (χ0v) is 18.8. The lowest BCUT2D eigenvalue weighted by Gasteiger charge is -2.40. The molecule has 2 aromatic heterocycles. The number of alkyl halides is 3. The van der Waals surface area contributed by atoms with Crippen LogP contribution in [0.3, 0.4) is 0 Å². The molecule has 2 unspecified atom stereocenters. The average molecular weight is 477 g/mol. The lowest BCUT2D eigenvalue weighted by atomic mass is 9.96. The van der Waals surface area contributed by atoms with Gasteiger partial charge in [-0.2, -0.15) is 13.2 Å². The fourth-order valence-electron chi connectivity index (χ4n) is 4.63. The highest BCUT2D eigenvalue weighted by atomic mass is 19.4. The van der Waals surface area contributed by atoms with Crippen molar-refractivity contribution in [2.45, 2.75) is 69.4 Å². The van der Waals surface area contributed by atoms with Crippen molar-refractivity contribution >= 4 is 17.6 Å². The summed E-state index contributed by atoms with van der Waals surface area (Å²) in [4.78, 5) is 34.6. The van der Waals surface area contributed by atoms with Gasteiger partial charge in [0.2, 0.25) is 11.8 Å². The van der Waals surface area contributed by atoms with E-state index in [4.69, 9.17) is 10.5 Å². The SMILES string of the molecule is CC(C)(Oc1ccc(C(F)(F)F)cn1)C(=O)NC1CC2CCC(C1)N2c1ccc(C(N)=O)cn1. The van der Waals surface area contributed by atoms with E-state index in [0.29, 0.717) is 11.8 Å². The van der Waals surface area contributed by atoms with Crippen LogP contribution in [0.4, 0.5) is 19.0 Å². The molecule has 2 saturated heterocycles. The molecule has 11 heteroatoms. The molecule has 0 spiro atoms. The van der Waals surface area contributed by atoms with Crippen LogP contribution in [0.25, 0.3) is 0 Å². The van der Waals surface area contributed by atoms with Crippen LogP contribution in [0.5, 0.6) is 5.88 Å². The number of hydrogen-bond donors (Lipinski definition) is 2. The normalized spacial score (nSPS) is 22.4. The number of piperidine rings is 1. The van der Waals surface area contributed by atoms with Crippen LogP contribution in [-0.4, -0.2) is 45.5 Å². The average Bonchev–Trinajstić information content (AvgIpc) is 3.03. The van der Waals surface area contributed by atoms with Crippen LogP contribution in [0.2, 0.25) is 0 Å². The zero-order chi connectivity index (χ0) is 24.7. The molecule has 4 heterocycles. The molecule has 2 aliphatic heterocycles. The molecule has 0 aliphatic carbocycles. The fourth-order valence-corrected chi connectivity index (χ4v) is 4.63. The lowest BCUT2D eigenvalue weighted by molar-refractivity contribution is -0.138. The first kappa shape index (κ1) is 23.8. The van der Waals surface area contributed by atoms with Crippen LogP contribution in [0.1, 0.15) is 55.5 Å². The standard InChI is InChI=1S/C23H26F3N5O3/c1-22(2,34-19-8-4-14(12-29-19)23(24,25)26)21(33)30-15-9-16-5-6-17(10-15)31(16)18-7-3-13(11-28-18)20(27)32/h3-4,7-8,11-12,15-17H,5-6,9-10H2,1-2H3,(H2,27,32)(H,30,33). The molecule has 0 radical (unpaired) electrons. The molecule has 2 aliphatic rings. The first-order chi connectivity index (χ1) is 15.9. The van der Waals surface area contributed by atoms with Gasteiger partial charge in [0.1, 0.15) is 5.82 Å². The van der Waals surface area contributed by atoms with Gasteiger partial charge in [-0.25, -0.2) is 9.97 Å². The minimum absolute atomic E-state index is 0.0616. The number of primary amides is 1. The number of aromatic nitrogens is 2. The highest BCUT2D eigenvalue weighted by molar-refractivity contribution is 5.92. The van der Waals surface area contributed by atoms with Gasteiger partial charge in [0.15, 0.2) is 5.60 Å². The number of rotatable bonds is 6. The van der Waals surface area contributed by atoms with E-state index in [9.17, 15) is 22.8 Å². The molecular weight excluding hydrogens is 451 g/mol. The van der Waals surface area contributed by atoms with E-state index in [0.717, 1.165) is 43.6 Å². The molecule has 8 nitrogen and oxygen atoms in total. The number of carbonyl (C=O) groups is 2. The second kappa shape index (κ2) is 8.77. The first-order valence-corrected chi connectivity index (χ1v) is 11.0. The summed E-state index contributed by atoms with van der Waals surface area (Å²) < 4.78 is 43.8. The second-order valence-electron chi connectivity index (χ2n) is 9.20. The van der Waals surface area contributed by atoms with E-state index < -0.39 is 23.2 Å². The van der Waals surface area contributed by atoms with Gasteiger partial charge in [0.05, 0.1) is 11.1 Å². The Morgan fingerprint density at radius 3 is 2.24 bits per heavy atom. The molecule has 3 N–H and O–H groups in total. The van der Waals surface area contributed by atoms with Crippen LogP contribution in [0, 0.1) is 0 Å². The van der Waals surface area contributed by atoms with Crippen molar-refractivity contribution in [3.05, 3.63) is 47.8 Å². The van der Waals surface area contributed by atoms with Gasteiger partial charge in [0, 0.05) is 36.6 Å². The van der Waals surface area contributed by atoms with Crippen LogP contribution < -0.4 is 20.7 Å². The molecule has 2 amide bonds. The van der Waals surface area contributed by atoms with Gasteiger partial charge in [-0.3, -0.25) is 9.59 Å². The number of hydrogen-bond acceptors (Lipinski definition) is 6. The molecule has 4 rings (SSSR count). The van der Waals surface area contributed by atoms with Crippen LogP contribution >= 0.6 is 0 Å². The van der Waals surface area contributed by atoms with Crippen molar-refractivity contribution in [3.8, 4) is 5.88 Å². The summed E-state index contributed by atoms with van der Waals surface area (Å²) in [6, 6.07) is 5.73. The van der Waals surface area contributed by atoms with E-state index >= 15 is 0 Å². The summed E-state index contributed by atoms with van der Waals surface area (Å²) in [5, 5.41) is 3.03. The summed E-state index contributed by atoms with van der Waals surface area (Å²) in [5.41, 5.74) is 3.43. The Labute approximate surface area is 194 Å². The van der Waals surface area contributed by atoms with E-state index in [-0.39, 0.29) is 29.9 Å². The van der Waals surface area contributed by atoms with Crippen molar-refractivity contribution in [2.75, 3.05) is 4.90 Å². The number of nitrogens with one attached hydrogen (secondary N) is 1. The second-order valence-corrected chi connectivity index (χ2v) is 9.20. The Morgan fingerprint density at radius 2 is 1.74 bits per heavy atom. The van der Waals surface area contributed by atoms with Crippen LogP contribution in [0.15, 0.2) is 36.7 Å². The number of carbonyl (C=O) groups excluding carboxylic acids is 2. The molecule has 2 aromatic rings. The minimum atomic E-state index is -4.49. The maximum absolute atomic E-state index is 12.9. The Kier molecular flexibility index (Phi) is 6.13. The summed E-state index contributed by atoms with van der Waals surface area (Å²) >= 11 is 0. The highest BCUT2D eigenvalue weighted by Gasteiger charge is 2.43. The Balaban J connectivity index is 1.37. The van der Waals surface area contributed by atoms with Crippen molar-refractivity contribution in [2.24, 2.45) is 5.73 Å². The maximum atomic E-state index is 12.9. The van der Waals surface area contributed by atoms with Crippen molar-refractivity contribution in [1.82, 2.24) is 15.3 Å². The number of halogens is 3. The number of anilines is 1. The number of nitrogens with zero attached hydrogens (tertiary/aromatic N) is 3. The number of fused-ring (bicyclic) bond motifs is 2. The maximum Gasteiger partial charge on any atom is 0.417 e. The molecule has 2 bridgehead atoms. The third kappa shape index (κ3) is 4.92. The van der Waals surface area contributed by atoms with Crippen molar-refractivity contribution in [3.63, 3.8) is 0 Å². The molecule has 182 valence electrons. The van der Waals surface area contributed by atoms with E-state index in [1.807, 2.05) is 0 Å². The van der Waals surface area contributed by atoms with Crippen molar-refractivity contribution < 1.29 is 27.5 Å². The van der Waals surface area contributed by atoms with Gasteiger partial charge in [-0.05, 0) is 57.7 Å². The third-order valence-electron chi connectivity index (χ3n) is 6.34. The zero-order valence-electron chi connectivity index (χ0n) is 18.8. The van der Waals surface area contributed by atoms with Gasteiger partial charge in [0.25, 0.3) is 5.91 Å². The largest absolute Gasteiger partial charge is 0.462 e. The molecule has 2 atom stereocenters. The molecule has 2 fully saturated rings. The lowest BCUT2D eigenvalue weighted by Crippen LogP contribution is -2.55. The van der Waals surface area contributed by atoms with E-state index in [1.54, 1.807) is 26.0 Å². The smallest absolute Gasteiger partial charge is 0.417 e. The summed E-state index contributed by atoms with van der Waals surface area (Å²) in [6.45, 7) is 3.10. The van der Waals surface area contributed by atoms with Gasteiger partial charge < -0.3 is 20.7 Å². The van der Waals surface area contributed by atoms with Gasteiger partial charge >= 0.3 is 6.18 Å². The van der Waals surface area contributed by atoms with Crippen molar-refractivity contribution in [1.29, 1.82) is 0 Å². The number of amides is 2. The third-order valence-corrected chi connectivity index (χ3v) is 6.34. The summed E-state index contributed by atoms with van der Waals surface area (Å²) in [5.74, 6) is -0.177. The monoisotopic (exact) mass is 477 g/mol. The first-order valence-electron chi connectivity index (χ1n) is 11.0. The molecule has 0 aromatic carbocycles. The predicted molar refractivity (Wildman–Crippen MR) is 117 cm³/mol. The van der Waals surface area contributed by atoms with Gasteiger partial charge in [-0.15, -0.1) is 0 Å². The summed E-state index contributed by atoms with van der Waals surface area (Å²) in [6.07, 6.45) is 1.02. The Hall–Kier alpha value is -3.37. The number of ether oxygens (including phenoxy) is 1. The van der Waals surface area contributed by atoms with E-state index in [1.165, 1.54) is 6.20 Å². The Bertz CT molecular complexity index is 1040. The fraction of sp³-hybridized carbons (Fsp3) is 0.478. The van der Waals surface area contributed by atoms with Gasteiger partial charge in [-0.1, -0.05) is 0 Å². The topological polar surface area (TPSA) is 110 Å². The van der Waals surface area contributed by atoms with E-state index in [2.05, 4.69) is 20.2 Å². The number of nitrogens with two attached hydrogens (primary N) is 1. The molecule has 34 heavy (non-hydrogen) atoms. The molecular formula is C23H26F3N5O3. The predicted octanol–water partition coefficient (Wildman–Crippen LogP) is 3.07. The molecule has 0 saturated carbocycles. The highest BCUT2D eigenvalue weighted by Crippen LogP contribution is 2.38. The summed E-state index contributed by atoms with van der Waals surface area (Å²) in [7, 11) is 0.